The standard InChI is InChI=1S/C17H25NO/c1-3-17(2)12-14(10-11-19-17)18-16-9-8-13-6-4-5-7-15(13)16/h4-7,14,16,18H,3,8-12H2,1-2H3. The van der Waals surface area contributed by atoms with Gasteiger partial charge in [0, 0.05) is 18.7 Å². The molecule has 0 aromatic heterocycles. The third-order valence-electron chi connectivity index (χ3n) is 4.91. The minimum atomic E-state index is 0.0774. The van der Waals surface area contributed by atoms with E-state index in [9.17, 15) is 0 Å². The van der Waals surface area contributed by atoms with Crippen LogP contribution in [0.1, 0.15) is 56.7 Å². The third kappa shape index (κ3) is 2.70. The molecule has 1 heterocycles. The van der Waals surface area contributed by atoms with Gasteiger partial charge in [-0.1, -0.05) is 31.2 Å². The van der Waals surface area contributed by atoms with Crippen LogP contribution in [0.2, 0.25) is 0 Å². The van der Waals surface area contributed by atoms with Gasteiger partial charge in [0.1, 0.15) is 0 Å². The van der Waals surface area contributed by atoms with Crippen LogP contribution in [0, 0.1) is 0 Å². The van der Waals surface area contributed by atoms with E-state index in [1.165, 1.54) is 24.0 Å². The lowest BCUT2D eigenvalue weighted by Gasteiger charge is -2.39. The van der Waals surface area contributed by atoms with Gasteiger partial charge in [-0.05, 0) is 50.2 Å². The van der Waals surface area contributed by atoms with Crippen molar-refractivity contribution in [2.75, 3.05) is 6.61 Å². The van der Waals surface area contributed by atoms with Gasteiger partial charge in [0.25, 0.3) is 0 Å². The van der Waals surface area contributed by atoms with E-state index in [0.717, 1.165) is 25.9 Å². The average molecular weight is 259 g/mol. The lowest BCUT2D eigenvalue weighted by molar-refractivity contribution is -0.0791. The highest BCUT2D eigenvalue weighted by atomic mass is 16.5. The van der Waals surface area contributed by atoms with Crippen LogP contribution in [0.25, 0.3) is 0 Å². The van der Waals surface area contributed by atoms with Crippen LogP contribution in [0.5, 0.6) is 0 Å². The van der Waals surface area contributed by atoms with Crippen molar-refractivity contribution in [3.63, 3.8) is 0 Å². The van der Waals surface area contributed by atoms with E-state index < -0.39 is 0 Å². The van der Waals surface area contributed by atoms with Crippen LogP contribution in [0.15, 0.2) is 24.3 Å². The minimum Gasteiger partial charge on any atom is -0.375 e. The molecule has 1 aliphatic heterocycles. The molecule has 19 heavy (non-hydrogen) atoms. The number of aryl methyl sites for hydroxylation is 1. The first-order chi connectivity index (χ1) is 9.20. The SMILES string of the molecule is CCC1(C)CC(NC2CCc3ccccc32)CCO1. The first kappa shape index (κ1) is 13.1. The molecule has 3 atom stereocenters. The van der Waals surface area contributed by atoms with Crippen LogP contribution < -0.4 is 5.32 Å². The summed E-state index contributed by atoms with van der Waals surface area (Å²) in [5, 5.41) is 3.88. The fourth-order valence-corrected chi connectivity index (χ4v) is 3.53. The summed E-state index contributed by atoms with van der Waals surface area (Å²) >= 11 is 0. The number of rotatable bonds is 3. The Morgan fingerprint density at radius 1 is 1.32 bits per heavy atom. The summed E-state index contributed by atoms with van der Waals surface area (Å²) < 4.78 is 5.94. The smallest absolute Gasteiger partial charge is 0.0666 e. The Labute approximate surface area is 116 Å². The zero-order valence-electron chi connectivity index (χ0n) is 12.1. The topological polar surface area (TPSA) is 21.3 Å². The molecule has 2 heteroatoms. The largest absolute Gasteiger partial charge is 0.375 e. The van der Waals surface area contributed by atoms with E-state index in [2.05, 4.69) is 43.4 Å². The van der Waals surface area contributed by atoms with Crippen molar-refractivity contribution in [1.82, 2.24) is 5.32 Å². The van der Waals surface area contributed by atoms with E-state index in [1.807, 2.05) is 0 Å². The molecular formula is C17H25NO. The molecule has 1 N–H and O–H groups in total. The van der Waals surface area contributed by atoms with Crippen molar-refractivity contribution in [1.29, 1.82) is 0 Å². The molecule has 2 nitrogen and oxygen atoms in total. The molecule has 0 saturated carbocycles. The zero-order chi connectivity index (χ0) is 13.3. The lowest BCUT2D eigenvalue weighted by atomic mass is 9.89. The first-order valence-electron chi connectivity index (χ1n) is 7.68. The van der Waals surface area contributed by atoms with Crippen LogP contribution in [0.3, 0.4) is 0 Å². The van der Waals surface area contributed by atoms with Crippen LogP contribution in [-0.4, -0.2) is 18.2 Å². The minimum absolute atomic E-state index is 0.0774. The maximum absolute atomic E-state index is 5.94. The van der Waals surface area contributed by atoms with Gasteiger partial charge in [0.2, 0.25) is 0 Å². The maximum atomic E-state index is 5.94. The second kappa shape index (κ2) is 5.26. The normalized spacial score (nSPS) is 34.2. The number of hydrogen-bond acceptors (Lipinski definition) is 2. The summed E-state index contributed by atoms with van der Waals surface area (Å²) in [6, 6.07) is 10.0. The van der Waals surface area contributed by atoms with Gasteiger partial charge in [0.15, 0.2) is 0 Å². The molecule has 0 bridgehead atoms. The Balaban J connectivity index is 1.66. The second-order valence-corrected chi connectivity index (χ2v) is 6.30. The number of fused-ring (bicyclic) bond motifs is 1. The monoisotopic (exact) mass is 259 g/mol. The molecule has 3 unspecified atom stereocenters. The summed E-state index contributed by atoms with van der Waals surface area (Å²) in [5.74, 6) is 0. The summed E-state index contributed by atoms with van der Waals surface area (Å²) in [4.78, 5) is 0. The highest BCUT2D eigenvalue weighted by Gasteiger charge is 2.33. The molecule has 1 aromatic rings. The fraction of sp³-hybridized carbons (Fsp3) is 0.647. The highest BCUT2D eigenvalue weighted by Crippen LogP contribution is 2.34. The predicted octanol–water partition coefficient (Wildman–Crippen LogP) is 3.61. The average Bonchev–Trinajstić information content (AvgIpc) is 2.83. The predicted molar refractivity (Wildman–Crippen MR) is 78.3 cm³/mol. The van der Waals surface area contributed by atoms with E-state index in [-0.39, 0.29) is 5.60 Å². The van der Waals surface area contributed by atoms with Crippen LogP contribution in [-0.2, 0) is 11.2 Å². The Kier molecular flexibility index (Phi) is 3.64. The van der Waals surface area contributed by atoms with E-state index in [1.54, 1.807) is 0 Å². The maximum Gasteiger partial charge on any atom is 0.0666 e. The zero-order valence-corrected chi connectivity index (χ0v) is 12.1. The van der Waals surface area contributed by atoms with Gasteiger partial charge >= 0.3 is 0 Å². The van der Waals surface area contributed by atoms with Gasteiger partial charge in [-0.25, -0.2) is 0 Å². The van der Waals surface area contributed by atoms with Gasteiger partial charge < -0.3 is 10.1 Å². The molecule has 3 rings (SSSR count). The van der Waals surface area contributed by atoms with E-state index in [0.29, 0.717) is 12.1 Å². The Hall–Kier alpha value is -0.860. The van der Waals surface area contributed by atoms with Crippen molar-refractivity contribution in [3.05, 3.63) is 35.4 Å². The molecule has 1 aromatic carbocycles. The summed E-state index contributed by atoms with van der Waals surface area (Å²) in [6.45, 7) is 5.38. The molecule has 1 aliphatic carbocycles. The molecule has 0 amide bonds. The molecular weight excluding hydrogens is 234 g/mol. The fourth-order valence-electron chi connectivity index (χ4n) is 3.53. The Bertz CT molecular complexity index is 445. The summed E-state index contributed by atoms with van der Waals surface area (Å²) in [5.41, 5.74) is 3.13. The van der Waals surface area contributed by atoms with Crippen molar-refractivity contribution >= 4 is 0 Å². The second-order valence-electron chi connectivity index (χ2n) is 6.30. The van der Waals surface area contributed by atoms with Gasteiger partial charge in [-0.2, -0.15) is 0 Å². The highest BCUT2D eigenvalue weighted by molar-refractivity contribution is 5.34. The Morgan fingerprint density at radius 3 is 3.00 bits per heavy atom. The van der Waals surface area contributed by atoms with Crippen LogP contribution >= 0.6 is 0 Å². The summed E-state index contributed by atoms with van der Waals surface area (Å²) in [7, 11) is 0. The van der Waals surface area contributed by atoms with Gasteiger partial charge in [0.05, 0.1) is 5.60 Å². The Morgan fingerprint density at radius 2 is 2.16 bits per heavy atom. The van der Waals surface area contributed by atoms with Crippen molar-refractivity contribution in [2.45, 2.75) is 63.6 Å². The molecule has 1 fully saturated rings. The van der Waals surface area contributed by atoms with Crippen LogP contribution in [0.4, 0.5) is 0 Å². The van der Waals surface area contributed by atoms with Gasteiger partial charge in [-0.15, -0.1) is 0 Å². The van der Waals surface area contributed by atoms with Crippen molar-refractivity contribution < 1.29 is 4.74 Å². The molecule has 0 spiro atoms. The van der Waals surface area contributed by atoms with Crippen molar-refractivity contribution in [3.8, 4) is 0 Å². The third-order valence-corrected chi connectivity index (χ3v) is 4.91. The molecule has 2 aliphatic rings. The molecule has 104 valence electrons. The molecule has 1 saturated heterocycles. The number of hydrogen-bond donors (Lipinski definition) is 1. The lowest BCUT2D eigenvalue weighted by Crippen LogP contribution is -2.45. The first-order valence-corrected chi connectivity index (χ1v) is 7.68. The number of nitrogens with one attached hydrogen (secondary N) is 1. The van der Waals surface area contributed by atoms with E-state index in [4.69, 9.17) is 4.74 Å². The summed E-state index contributed by atoms with van der Waals surface area (Å²) in [6.07, 6.45) is 5.87. The van der Waals surface area contributed by atoms with Crippen molar-refractivity contribution in [2.24, 2.45) is 0 Å². The number of ether oxygens (including phenoxy) is 1. The molecule has 0 radical (unpaired) electrons. The number of benzene rings is 1. The van der Waals surface area contributed by atoms with Gasteiger partial charge in [-0.3, -0.25) is 0 Å². The quantitative estimate of drug-likeness (QED) is 0.895. The van der Waals surface area contributed by atoms with E-state index >= 15 is 0 Å².